The second kappa shape index (κ2) is 8.63. The standard InChI is InChI=1S/C24H18F3N7OS/c1-35-22-18(19(15-6-7-15)29-12-30-22)20-28-8-16-9-31-34(21(16)33-20)10-13-2-4-14(5-3-13)17-11-36-23(32-17)24(25,26)27/h2-5,8-9,11-12,15H,6-7,10H2,1H3. The Kier molecular flexibility index (Phi) is 5.40. The summed E-state index contributed by atoms with van der Waals surface area (Å²) in [7, 11) is 1.56. The topological polar surface area (TPSA) is 91.5 Å². The Hall–Kier alpha value is -3.93. The van der Waals surface area contributed by atoms with E-state index in [-0.39, 0.29) is 0 Å². The van der Waals surface area contributed by atoms with Gasteiger partial charge in [0.1, 0.15) is 11.9 Å². The van der Waals surface area contributed by atoms with Crippen LogP contribution in [0.2, 0.25) is 0 Å². The van der Waals surface area contributed by atoms with Gasteiger partial charge < -0.3 is 4.74 Å². The average molecular weight is 510 g/mol. The lowest BCUT2D eigenvalue weighted by atomic mass is 10.1. The van der Waals surface area contributed by atoms with Crippen molar-refractivity contribution >= 4 is 22.4 Å². The Morgan fingerprint density at radius 1 is 1.06 bits per heavy atom. The van der Waals surface area contributed by atoms with E-state index in [0.29, 0.717) is 58.0 Å². The van der Waals surface area contributed by atoms with Gasteiger partial charge in [0.05, 0.1) is 36.6 Å². The number of fused-ring (bicyclic) bond motifs is 1. The van der Waals surface area contributed by atoms with Gasteiger partial charge in [0.2, 0.25) is 5.88 Å². The van der Waals surface area contributed by atoms with E-state index in [0.717, 1.165) is 29.5 Å². The Morgan fingerprint density at radius 2 is 1.86 bits per heavy atom. The first-order valence-electron chi connectivity index (χ1n) is 11.1. The second-order valence-corrected chi connectivity index (χ2v) is 9.28. The Labute approximate surface area is 206 Å². The molecule has 1 aromatic carbocycles. The molecular formula is C24H18F3N7OS. The van der Waals surface area contributed by atoms with Crippen LogP contribution in [-0.4, -0.2) is 41.8 Å². The summed E-state index contributed by atoms with van der Waals surface area (Å²) < 4.78 is 45.9. The molecule has 0 amide bonds. The van der Waals surface area contributed by atoms with E-state index in [1.54, 1.807) is 36.3 Å². The third kappa shape index (κ3) is 4.17. The molecule has 0 N–H and O–H groups in total. The van der Waals surface area contributed by atoms with Crippen LogP contribution in [0.25, 0.3) is 33.7 Å². The monoisotopic (exact) mass is 509 g/mol. The molecule has 5 aromatic rings. The number of ether oxygens (including phenoxy) is 1. The van der Waals surface area contributed by atoms with Crippen molar-refractivity contribution in [1.29, 1.82) is 0 Å². The first kappa shape index (κ1) is 22.5. The van der Waals surface area contributed by atoms with Gasteiger partial charge in [-0.05, 0) is 18.4 Å². The molecule has 36 heavy (non-hydrogen) atoms. The molecular weight excluding hydrogens is 491 g/mol. The number of benzene rings is 1. The van der Waals surface area contributed by atoms with E-state index in [1.807, 2.05) is 12.1 Å². The molecule has 6 rings (SSSR count). The Bertz CT molecular complexity index is 1560. The van der Waals surface area contributed by atoms with Gasteiger partial charge in [-0.25, -0.2) is 29.6 Å². The highest BCUT2D eigenvalue weighted by Crippen LogP contribution is 2.44. The fraction of sp³-hybridized carbons (Fsp3) is 0.250. The van der Waals surface area contributed by atoms with Gasteiger partial charge >= 0.3 is 6.18 Å². The molecule has 12 heteroatoms. The molecule has 0 saturated heterocycles. The van der Waals surface area contributed by atoms with E-state index in [1.165, 1.54) is 11.7 Å². The normalized spacial score (nSPS) is 13.9. The Balaban J connectivity index is 1.30. The minimum absolute atomic E-state index is 0.297. The third-order valence-electron chi connectivity index (χ3n) is 5.93. The molecule has 0 radical (unpaired) electrons. The van der Waals surface area contributed by atoms with E-state index >= 15 is 0 Å². The van der Waals surface area contributed by atoms with Crippen LogP contribution in [0.15, 0.2) is 48.4 Å². The van der Waals surface area contributed by atoms with Crippen LogP contribution in [0.1, 0.15) is 35.0 Å². The predicted octanol–water partition coefficient (Wildman–Crippen LogP) is 5.36. The minimum Gasteiger partial charge on any atom is -0.480 e. The van der Waals surface area contributed by atoms with Crippen molar-refractivity contribution < 1.29 is 17.9 Å². The summed E-state index contributed by atoms with van der Waals surface area (Å²) in [6.45, 7) is 0.420. The zero-order valence-corrected chi connectivity index (χ0v) is 19.7. The van der Waals surface area contributed by atoms with Crippen LogP contribution < -0.4 is 4.74 Å². The van der Waals surface area contributed by atoms with Crippen LogP contribution in [0.5, 0.6) is 5.88 Å². The maximum Gasteiger partial charge on any atom is 0.443 e. The van der Waals surface area contributed by atoms with Crippen molar-refractivity contribution in [3.8, 4) is 28.5 Å². The van der Waals surface area contributed by atoms with E-state index in [9.17, 15) is 13.2 Å². The fourth-order valence-electron chi connectivity index (χ4n) is 4.01. The lowest BCUT2D eigenvalue weighted by molar-refractivity contribution is -0.137. The lowest BCUT2D eigenvalue weighted by Gasteiger charge is -2.11. The van der Waals surface area contributed by atoms with E-state index in [2.05, 4.69) is 25.0 Å². The molecule has 4 aromatic heterocycles. The van der Waals surface area contributed by atoms with Gasteiger partial charge in [-0.2, -0.15) is 18.3 Å². The molecule has 0 bridgehead atoms. The summed E-state index contributed by atoms with van der Waals surface area (Å²) in [4.78, 5) is 21.7. The van der Waals surface area contributed by atoms with Gasteiger partial charge in [0, 0.05) is 23.1 Å². The number of rotatable bonds is 6. The number of hydrogen-bond donors (Lipinski definition) is 0. The van der Waals surface area contributed by atoms with Crippen molar-refractivity contribution in [2.24, 2.45) is 0 Å². The van der Waals surface area contributed by atoms with Crippen molar-refractivity contribution in [2.45, 2.75) is 31.5 Å². The number of alkyl halides is 3. The number of hydrogen-bond acceptors (Lipinski definition) is 8. The summed E-state index contributed by atoms with van der Waals surface area (Å²) >= 11 is 0.587. The molecule has 1 aliphatic carbocycles. The van der Waals surface area contributed by atoms with Gasteiger partial charge in [-0.15, -0.1) is 11.3 Å². The average Bonchev–Trinajstić information content (AvgIpc) is 3.46. The molecule has 1 fully saturated rings. The molecule has 8 nitrogen and oxygen atoms in total. The highest BCUT2D eigenvalue weighted by molar-refractivity contribution is 7.10. The molecule has 1 saturated carbocycles. The number of halogens is 3. The SMILES string of the molecule is COc1ncnc(C2CC2)c1-c1ncc2cnn(Cc3ccc(-c4csc(C(F)(F)F)n4)cc3)c2n1. The molecule has 0 aliphatic heterocycles. The molecule has 4 heterocycles. The number of nitrogens with zero attached hydrogens (tertiary/aromatic N) is 7. The summed E-state index contributed by atoms with van der Waals surface area (Å²) in [6.07, 6.45) is 2.58. The maximum atomic E-state index is 12.9. The van der Waals surface area contributed by atoms with Gasteiger partial charge in [0.15, 0.2) is 16.5 Å². The molecule has 182 valence electrons. The molecule has 0 spiro atoms. The Morgan fingerprint density at radius 3 is 2.56 bits per heavy atom. The third-order valence-corrected chi connectivity index (χ3v) is 6.82. The number of aromatic nitrogens is 7. The summed E-state index contributed by atoms with van der Waals surface area (Å²) in [6, 6.07) is 7.20. The largest absolute Gasteiger partial charge is 0.480 e. The minimum atomic E-state index is -4.44. The van der Waals surface area contributed by atoms with Crippen LogP contribution >= 0.6 is 11.3 Å². The van der Waals surface area contributed by atoms with Crippen LogP contribution in [0, 0.1) is 0 Å². The quantitative estimate of drug-likeness (QED) is 0.304. The van der Waals surface area contributed by atoms with E-state index < -0.39 is 11.2 Å². The highest BCUT2D eigenvalue weighted by Gasteiger charge is 2.34. The zero-order valence-electron chi connectivity index (χ0n) is 18.9. The van der Waals surface area contributed by atoms with Gasteiger partial charge in [0.25, 0.3) is 0 Å². The first-order valence-corrected chi connectivity index (χ1v) is 12.0. The van der Waals surface area contributed by atoms with Crippen molar-refractivity contribution in [1.82, 2.24) is 34.7 Å². The summed E-state index contributed by atoms with van der Waals surface area (Å²) in [5.74, 6) is 1.26. The molecule has 0 atom stereocenters. The summed E-state index contributed by atoms with van der Waals surface area (Å²) in [5.41, 5.74) is 4.05. The van der Waals surface area contributed by atoms with E-state index in [4.69, 9.17) is 9.72 Å². The maximum absolute atomic E-state index is 12.9. The lowest BCUT2D eigenvalue weighted by Crippen LogP contribution is -2.05. The van der Waals surface area contributed by atoms with Crippen LogP contribution in [0.3, 0.4) is 0 Å². The second-order valence-electron chi connectivity index (χ2n) is 8.42. The molecule has 1 aliphatic rings. The number of methoxy groups -OCH3 is 1. The summed E-state index contributed by atoms with van der Waals surface area (Å²) in [5, 5.41) is 5.80. The highest BCUT2D eigenvalue weighted by atomic mass is 32.1. The fourth-order valence-corrected chi connectivity index (χ4v) is 4.70. The predicted molar refractivity (Wildman–Crippen MR) is 127 cm³/mol. The van der Waals surface area contributed by atoms with Crippen LogP contribution in [0.4, 0.5) is 13.2 Å². The van der Waals surface area contributed by atoms with Crippen molar-refractivity contribution in [2.75, 3.05) is 7.11 Å². The van der Waals surface area contributed by atoms with Gasteiger partial charge in [-0.3, -0.25) is 0 Å². The van der Waals surface area contributed by atoms with Crippen LogP contribution in [-0.2, 0) is 12.7 Å². The first-order chi connectivity index (χ1) is 17.4. The van der Waals surface area contributed by atoms with Crippen molar-refractivity contribution in [3.05, 3.63) is 64.6 Å². The number of thiazole rings is 1. The zero-order chi connectivity index (χ0) is 24.9. The van der Waals surface area contributed by atoms with Crippen molar-refractivity contribution in [3.63, 3.8) is 0 Å². The van der Waals surface area contributed by atoms with Gasteiger partial charge in [-0.1, -0.05) is 24.3 Å². The molecule has 0 unspecified atom stereocenters. The smallest absolute Gasteiger partial charge is 0.443 e.